The number of hydrogen-bond acceptors (Lipinski definition) is 5. The van der Waals surface area contributed by atoms with Crippen LogP contribution in [0, 0.1) is 0 Å². The van der Waals surface area contributed by atoms with E-state index >= 15 is 0 Å². The first-order valence-corrected chi connectivity index (χ1v) is 7.25. The van der Waals surface area contributed by atoms with Gasteiger partial charge in [-0.05, 0) is 6.42 Å². The van der Waals surface area contributed by atoms with Gasteiger partial charge in [0.05, 0.1) is 12.2 Å². The van der Waals surface area contributed by atoms with Crippen molar-refractivity contribution in [3.63, 3.8) is 0 Å². The molecule has 1 N–H and O–H groups in total. The van der Waals surface area contributed by atoms with E-state index in [-0.39, 0.29) is 18.8 Å². The van der Waals surface area contributed by atoms with E-state index in [9.17, 15) is 8.42 Å². The molecule has 2 unspecified atom stereocenters. The predicted molar refractivity (Wildman–Crippen MR) is 66.4 cm³/mol. The van der Waals surface area contributed by atoms with Gasteiger partial charge in [-0.2, -0.15) is 17.0 Å². The third-order valence-corrected chi connectivity index (χ3v) is 5.06. The van der Waals surface area contributed by atoms with Gasteiger partial charge in [0, 0.05) is 47.5 Å². The van der Waals surface area contributed by atoms with Crippen LogP contribution in [0.4, 0.5) is 0 Å². The molecule has 8 heteroatoms. The van der Waals surface area contributed by atoms with Crippen molar-refractivity contribution in [2.45, 2.75) is 18.6 Å². The Morgan fingerprint density at radius 3 is 2.17 bits per heavy atom. The van der Waals surface area contributed by atoms with Crippen molar-refractivity contribution in [1.82, 2.24) is 8.61 Å². The summed E-state index contributed by atoms with van der Waals surface area (Å²) in [5.74, 6) is 0. The molecule has 1 rings (SSSR count). The molecular formula is C10H22N2O5S. The van der Waals surface area contributed by atoms with E-state index in [4.69, 9.17) is 14.6 Å². The van der Waals surface area contributed by atoms with Crippen LogP contribution in [0.5, 0.6) is 0 Å². The van der Waals surface area contributed by atoms with Crippen LogP contribution >= 0.6 is 0 Å². The van der Waals surface area contributed by atoms with Gasteiger partial charge in [0.2, 0.25) is 0 Å². The second-order valence-corrected chi connectivity index (χ2v) is 6.31. The van der Waals surface area contributed by atoms with Crippen LogP contribution < -0.4 is 0 Å². The van der Waals surface area contributed by atoms with Crippen molar-refractivity contribution >= 4 is 10.2 Å². The van der Waals surface area contributed by atoms with Gasteiger partial charge in [-0.15, -0.1) is 0 Å². The fraction of sp³-hybridized carbons (Fsp3) is 1.00. The van der Waals surface area contributed by atoms with Gasteiger partial charge >= 0.3 is 0 Å². The Bertz CT molecular complexity index is 336. The van der Waals surface area contributed by atoms with Gasteiger partial charge in [-0.25, -0.2) is 0 Å². The number of ether oxygens (including phenoxy) is 2. The molecule has 0 radical (unpaired) electrons. The van der Waals surface area contributed by atoms with E-state index in [1.807, 2.05) is 0 Å². The lowest BCUT2D eigenvalue weighted by atomic mass is 10.3. The summed E-state index contributed by atoms with van der Waals surface area (Å²) in [5, 5.41) is 8.73. The molecular weight excluding hydrogens is 260 g/mol. The number of aliphatic hydroxyl groups excluding tert-OH is 1. The topological polar surface area (TPSA) is 79.3 Å². The maximum Gasteiger partial charge on any atom is 0.281 e. The van der Waals surface area contributed by atoms with Gasteiger partial charge in [-0.3, -0.25) is 0 Å². The van der Waals surface area contributed by atoms with Gasteiger partial charge in [-0.1, -0.05) is 0 Å². The summed E-state index contributed by atoms with van der Waals surface area (Å²) in [6.07, 6.45) is -0.0580. The molecule has 1 heterocycles. The van der Waals surface area contributed by atoms with Crippen molar-refractivity contribution in [3.05, 3.63) is 0 Å². The van der Waals surface area contributed by atoms with E-state index in [0.717, 1.165) is 0 Å². The predicted octanol–water partition coefficient (Wildman–Crippen LogP) is -1.11. The molecule has 1 aliphatic rings. The molecule has 0 aromatic heterocycles. The molecule has 0 spiro atoms. The molecule has 1 saturated heterocycles. The maximum atomic E-state index is 12.2. The van der Waals surface area contributed by atoms with Crippen molar-refractivity contribution in [2.75, 3.05) is 47.5 Å². The Balaban J connectivity index is 2.69. The minimum Gasteiger partial charge on any atom is -0.396 e. The summed E-state index contributed by atoms with van der Waals surface area (Å²) < 4.78 is 37.5. The average Bonchev–Trinajstić information content (AvgIpc) is 2.79. The van der Waals surface area contributed by atoms with E-state index in [2.05, 4.69) is 0 Å². The molecule has 0 amide bonds. The highest BCUT2D eigenvalue weighted by Crippen LogP contribution is 2.20. The highest BCUT2D eigenvalue weighted by molar-refractivity contribution is 7.86. The Morgan fingerprint density at radius 2 is 1.78 bits per heavy atom. The van der Waals surface area contributed by atoms with E-state index < -0.39 is 10.2 Å². The molecule has 108 valence electrons. The largest absolute Gasteiger partial charge is 0.396 e. The second kappa shape index (κ2) is 6.78. The summed E-state index contributed by atoms with van der Waals surface area (Å²) in [5.41, 5.74) is 0. The molecule has 1 fully saturated rings. The molecule has 0 aromatic carbocycles. The molecule has 0 saturated carbocycles. The summed E-state index contributed by atoms with van der Waals surface area (Å²) in [4.78, 5) is 0. The number of nitrogens with zero attached hydrogens (tertiary/aromatic N) is 2. The van der Waals surface area contributed by atoms with Crippen molar-refractivity contribution in [3.8, 4) is 0 Å². The van der Waals surface area contributed by atoms with Crippen LogP contribution in [0.25, 0.3) is 0 Å². The lowest BCUT2D eigenvalue weighted by Crippen LogP contribution is -2.41. The van der Waals surface area contributed by atoms with Gasteiger partial charge in [0.15, 0.2) is 0 Å². The number of rotatable bonds is 7. The van der Waals surface area contributed by atoms with Crippen LogP contribution in [0.1, 0.15) is 6.42 Å². The molecule has 7 nitrogen and oxygen atoms in total. The zero-order chi connectivity index (χ0) is 13.8. The van der Waals surface area contributed by atoms with Gasteiger partial charge < -0.3 is 14.6 Å². The van der Waals surface area contributed by atoms with E-state index in [1.165, 1.54) is 15.7 Å². The van der Waals surface area contributed by atoms with Crippen LogP contribution in [0.2, 0.25) is 0 Å². The van der Waals surface area contributed by atoms with Crippen LogP contribution in [-0.4, -0.2) is 81.9 Å². The molecule has 18 heavy (non-hydrogen) atoms. The normalized spacial score (nSPS) is 26.1. The average molecular weight is 282 g/mol. The minimum absolute atomic E-state index is 0.0265. The monoisotopic (exact) mass is 282 g/mol. The first kappa shape index (κ1) is 15.8. The zero-order valence-corrected chi connectivity index (χ0v) is 11.9. The first-order chi connectivity index (χ1) is 8.47. The third kappa shape index (κ3) is 3.40. The van der Waals surface area contributed by atoms with Crippen LogP contribution in [-0.2, 0) is 19.7 Å². The molecule has 0 aromatic rings. The van der Waals surface area contributed by atoms with Crippen molar-refractivity contribution in [1.29, 1.82) is 0 Å². The Kier molecular flexibility index (Phi) is 5.96. The lowest BCUT2D eigenvalue weighted by molar-refractivity contribution is -0.00461. The quantitative estimate of drug-likeness (QED) is 0.640. The Labute approximate surface area is 108 Å². The summed E-state index contributed by atoms with van der Waals surface area (Å²) >= 11 is 0. The fourth-order valence-corrected chi connectivity index (χ4v) is 3.38. The number of methoxy groups -OCH3 is 2. The Hall–Kier alpha value is -0.250. The van der Waals surface area contributed by atoms with Crippen LogP contribution in [0.3, 0.4) is 0 Å². The zero-order valence-electron chi connectivity index (χ0n) is 11.1. The van der Waals surface area contributed by atoms with Crippen LogP contribution in [0.15, 0.2) is 0 Å². The maximum absolute atomic E-state index is 12.2. The molecule has 0 aliphatic carbocycles. The number of hydrogen-bond donors (Lipinski definition) is 1. The summed E-state index contributed by atoms with van der Waals surface area (Å²) in [6.45, 7) is 0.855. The van der Waals surface area contributed by atoms with Gasteiger partial charge in [0.1, 0.15) is 0 Å². The standard InChI is InChI=1S/C10H22N2O5S/c1-11(5-4-6-13)18(14,15)12-7-9(16-2)10(8-12)17-3/h9-10,13H,4-8H2,1-3H3. The van der Waals surface area contributed by atoms with E-state index in [0.29, 0.717) is 26.1 Å². The second-order valence-electron chi connectivity index (χ2n) is 4.27. The van der Waals surface area contributed by atoms with E-state index in [1.54, 1.807) is 14.2 Å². The highest BCUT2D eigenvalue weighted by Gasteiger charge is 2.40. The fourth-order valence-electron chi connectivity index (χ4n) is 1.96. The Morgan fingerprint density at radius 1 is 1.28 bits per heavy atom. The van der Waals surface area contributed by atoms with Crippen molar-refractivity contribution in [2.24, 2.45) is 0 Å². The van der Waals surface area contributed by atoms with Gasteiger partial charge in [0.25, 0.3) is 10.2 Å². The smallest absolute Gasteiger partial charge is 0.281 e. The molecule has 1 aliphatic heterocycles. The minimum atomic E-state index is -3.50. The lowest BCUT2D eigenvalue weighted by Gasteiger charge is -2.23. The number of aliphatic hydroxyl groups is 1. The summed E-state index contributed by atoms with van der Waals surface area (Å²) in [7, 11) is 1.09. The van der Waals surface area contributed by atoms with Crippen molar-refractivity contribution < 1.29 is 23.0 Å². The molecule has 2 atom stereocenters. The SMILES string of the molecule is COC1CN(S(=O)(=O)N(C)CCCO)CC1OC. The third-order valence-electron chi connectivity index (χ3n) is 3.14. The highest BCUT2D eigenvalue weighted by atomic mass is 32.2. The molecule has 0 bridgehead atoms. The summed E-state index contributed by atoms with van der Waals surface area (Å²) in [6, 6.07) is 0. The first-order valence-electron chi connectivity index (χ1n) is 5.85.